The number of fused-ring (bicyclic) bond motifs is 1. The molecule has 1 aromatic heterocycles. The van der Waals surface area contributed by atoms with E-state index in [2.05, 4.69) is 38.8 Å². The van der Waals surface area contributed by atoms with Crippen LogP contribution >= 0.6 is 24.8 Å². The van der Waals surface area contributed by atoms with E-state index in [9.17, 15) is 4.79 Å². The molecule has 1 aliphatic heterocycles. The second-order valence-electron chi connectivity index (χ2n) is 5.21. The van der Waals surface area contributed by atoms with Crippen LogP contribution in [0.3, 0.4) is 0 Å². The van der Waals surface area contributed by atoms with E-state index in [0.717, 1.165) is 18.7 Å². The molecular weight excluding hydrogens is 335 g/mol. The molecule has 23 heavy (non-hydrogen) atoms. The molecule has 0 radical (unpaired) electrons. The second kappa shape index (κ2) is 8.82. The lowest BCUT2D eigenvalue weighted by atomic mass is 9.94. The standard InChI is InChI=1S/C16H18N4O.2ClH/c1-11-8-19-15(10-18-11)16(21)20-9-14-13-5-3-2-4-12(13)6-7-17-14;;/h2-5,8,10,14,17H,6-7,9H2,1H3,(H,20,21);2*1H. The molecule has 2 aromatic rings. The van der Waals surface area contributed by atoms with Crippen molar-refractivity contribution in [2.24, 2.45) is 0 Å². The average Bonchev–Trinajstić information content (AvgIpc) is 2.53. The molecule has 2 N–H and O–H groups in total. The molecule has 5 nitrogen and oxygen atoms in total. The molecule has 7 heteroatoms. The number of benzene rings is 1. The maximum atomic E-state index is 12.1. The van der Waals surface area contributed by atoms with Crippen LogP contribution in [0.5, 0.6) is 0 Å². The van der Waals surface area contributed by atoms with Gasteiger partial charge in [0.2, 0.25) is 0 Å². The highest BCUT2D eigenvalue weighted by Gasteiger charge is 2.20. The number of amides is 1. The van der Waals surface area contributed by atoms with E-state index in [0.29, 0.717) is 12.2 Å². The lowest BCUT2D eigenvalue weighted by Gasteiger charge is -2.27. The molecule has 1 amide bonds. The largest absolute Gasteiger partial charge is 0.349 e. The number of carbonyl (C=O) groups is 1. The third-order valence-corrected chi connectivity index (χ3v) is 3.70. The van der Waals surface area contributed by atoms with Crippen LogP contribution in [-0.2, 0) is 6.42 Å². The molecular formula is C16H20Cl2N4O. The Hall–Kier alpha value is -1.69. The minimum Gasteiger partial charge on any atom is -0.349 e. The SMILES string of the molecule is Cc1cnc(C(=O)NCC2NCCc3ccccc32)cn1.Cl.Cl. The highest BCUT2D eigenvalue weighted by Crippen LogP contribution is 2.21. The number of carbonyl (C=O) groups excluding carboxylic acids is 1. The molecule has 1 unspecified atom stereocenters. The van der Waals surface area contributed by atoms with Crippen molar-refractivity contribution in [1.29, 1.82) is 0 Å². The summed E-state index contributed by atoms with van der Waals surface area (Å²) in [6, 6.07) is 8.51. The van der Waals surface area contributed by atoms with Gasteiger partial charge in [-0.2, -0.15) is 0 Å². The van der Waals surface area contributed by atoms with E-state index in [4.69, 9.17) is 0 Å². The van der Waals surface area contributed by atoms with Crippen LogP contribution in [0.4, 0.5) is 0 Å². The van der Waals surface area contributed by atoms with Gasteiger partial charge in [0, 0.05) is 18.8 Å². The summed E-state index contributed by atoms with van der Waals surface area (Å²) in [4.78, 5) is 20.3. The van der Waals surface area contributed by atoms with Gasteiger partial charge >= 0.3 is 0 Å². The lowest BCUT2D eigenvalue weighted by Crippen LogP contribution is -2.39. The van der Waals surface area contributed by atoms with Gasteiger partial charge in [-0.1, -0.05) is 24.3 Å². The highest BCUT2D eigenvalue weighted by atomic mass is 35.5. The summed E-state index contributed by atoms with van der Waals surface area (Å²) in [6.07, 6.45) is 4.14. The Morgan fingerprint density at radius 1 is 1.26 bits per heavy atom. The van der Waals surface area contributed by atoms with Crippen LogP contribution < -0.4 is 10.6 Å². The Kier molecular flexibility index (Phi) is 7.42. The summed E-state index contributed by atoms with van der Waals surface area (Å²) in [5.74, 6) is -0.188. The summed E-state index contributed by atoms with van der Waals surface area (Å²) in [6.45, 7) is 3.32. The fraction of sp³-hybridized carbons (Fsp3) is 0.312. The first-order valence-electron chi connectivity index (χ1n) is 7.12. The lowest BCUT2D eigenvalue weighted by molar-refractivity contribution is 0.0943. The normalized spacial score (nSPS) is 15.6. The van der Waals surface area contributed by atoms with Gasteiger partial charge in [-0.25, -0.2) is 4.98 Å². The number of aromatic nitrogens is 2. The zero-order valence-electron chi connectivity index (χ0n) is 12.8. The molecule has 1 atom stereocenters. The Morgan fingerprint density at radius 2 is 2.04 bits per heavy atom. The van der Waals surface area contributed by atoms with Gasteiger partial charge in [-0.05, 0) is 31.0 Å². The molecule has 2 heterocycles. The van der Waals surface area contributed by atoms with Crippen molar-refractivity contribution in [3.8, 4) is 0 Å². The zero-order valence-corrected chi connectivity index (χ0v) is 14.4. The molecule has 0 bridgehead atoms. The fourth-order valence-electron chi connectivity index (χ4n) is 2.57. The van der Waals surface area contributed by atoms with Crippen molar-refractivity contribution in [2.75, 3.05) is 13.1 Å². The van der Waals surface area contributed by atoms with Crippen molar-refractivity contribution >= 4 is 30.7 Å². The molecule has 0 spiro atoms. The van der Waals surface area contributed by atoms with Gasteiger partial charge in [0.15, 0.2) is 0 Å². The Bertz CT molecular complexity index is 649. The van der Waals surface area contributed by atoms with Crippen LogP contribution in [0.15, 0.2) is 36.7 Å². The topological polar surface area (TPSA) is 66.9 Å². The first-order valence-corrected chi connectivity index (χ1v) is 7.12. The van der Waals surface area contributed by atoms with Gasteiger partial charge in [0.25, 0.3) is 5.91 Å². The first-order chi connectivity index (χ1) is 10.2. The van der Waals surface area contributed by atoms with Gasteiger partial charge in [-0.3, -0.25) is 9.78 Å². The summed E-state index contributed by atoms with van der Waals surface area (Å²) < 4.78 is 0. The number of nitrogens with zero attached hydrogens (tertiary/aromatic N) is 2. The van der Waals surface area contributed by atoms with Crippen molar-refractivity contribution in [2.45, 2.75) is 19.4 Å². The van der Waals surface area contributed by atoms with Crippen molar-refractivity contribution in [1.82, 2.24) is 20.6 Å². The zero-order chi connectivity index (χ0) is 14.7. The monoisotopic (exact) mass is 354 g/mol. The number of hydrogen-bond donors (Lipinski definition) is 2. The quantitative estimate of drug-likeness (QED) is 0.886. The number of halogens is 2. The molecule has 124 valence electrons. The summed E-state index contributed by atoms with van der Waals surface area (Å²) >= 11 is 0. The third kappa shape index (κ3) is 4.64. The number of rotatable bonds is 3. The van der Waals surface area contributed by atoms with Gasteiger partial charge in [0.05, 0.1) is 11.9 Å². The van der Waals surface area contributed by atoms with Gasteiger partial charge < -0.3 is 10.6 Å². The minimum atomic E-state index is -0.188. The van der Waals surface area contributed by atoms with E-state index in [1.807, 2.05) is 13.0 Å². The van der Waals surface area contributed by atoms with Crippen molar-refractivity contribution in [3.05, 3.63) is 59.2 Å². The third-order valence-electron chi connectivity index (χ3n) is 3.70. The van der Waals surface area contributed by atoms with Crippen molar-refractivity contribution in [3.63, 3.8) is 0 Å². The molecule has 0 saturated heterocycles. The van der Waals surface area contributed by atoms with Crippen LogP contribution in [0.1, 0.15) is 33.4 Å². The summed E-state index contributed by atoms with van der Waals surface area (Å²) in [5, 5.41) is 6.37. The van der Waals surface area contributed by atoms with Crippen LogP contribution in [0.2, 0.25) is 0 Å². The minimum absolute atomic E-state index is 0. The Morgan fingerprint density at radius 3 is 2.78 bits per heavy atom. The van der Waals surface area contributed by atoms with Gasteiger partial charge in [-0.15, -0.1) is 24.8 Å². The first kappa shape index (κ1) is 19.4. The molecule has 0 saturated carbocycles. The summed E-state index contributed by atoms with van der Waals surface area (Å²) in [7, 11) is 0. The smallest absolute Gasteiger partial charge is 0.271 e. The van der Waals surface area contributed by atoms with Crippen LogP contribution in [0.25, 0.3) is 0 Å². The molecule has 3 rings (SSSR count). The Labute approximate surface area is 148 Å². The average molecular weight is 355 g/mol. The second-order valence-corrected chi connectivity index (χ2v) is 5.21. The number of aryl methyl sites for hydroxylation is 1. The van der Waals surface area contributed by atoms with Gasteiger partial charge in [0.1, 0.15) is 5.69 Å². The summed E-state index contributed by atoms with van der Waals surface area (Å²) in [5.41, 5.74) is 3.77. The van der Waals surface area contributed by atoms with E-state index in [1.165, 1.54) is 17.3 Å². The predicted octanol–water partition coefficient (Wildman–Crippen LogP) is 2.25. The maximum absolute atomic E-state index is 12.1. The molecule has 1 aliphatic rings. The number of nitrogens with one attached hydrogen (secondary N) is 2. The number of hydrogen-bond acceptors (Lipinski definition) is 4. The van der Waals surface area contributed by atoms with Crippen LogP contribution in [-0.4, -0.2) is 29.0 Å². The molecule has 0 aliphatic carbocycles. The van der Waals surface area contributed by atoms with Crippen LogP contribution in [0, 0.1) is 6.92 Å². The fourth-order valence-corrected chi connectivity index (χ4v) is 2.57. The molecule has 1 aromatic carbocycles. The van der Waals surface area contributed by atoms with E-state index in [1.54, 1.807) is 6.20 Å². The van der Waals surface area contributed by atoms with Crippen molar-refractivity contribution < 1.29 is 4.79 Å². The van der Waals surface area contributed by atoms with E-state index in [-0.39, 0.29) is 36.8 Å². The van der Waals surface area contributed by atoms with E-state index < -0.39 is 0 Å². The maximum Gasteiger partial charge on any atom is 0.271 e. The molecule has 0 fully saturated rings. The predicted molar refractivity (Wildman–Crippen MR) is 94.5 cm³/mol. The Balaban J connectivity index is 0.00000132. The highest BCUT2D eigenvalue weighted by molar-refractivity contribution is 5.91. The van der Waals surface area contributed by atoms with E-state index >= 15 is 0 Å².